The van der Waals surface area contributed by atoms with E-state index in [1.165, 1.54) is 5.56 Å². The summed E-state index contributed by atoms with van der Waals surface area (Å²) in [7, 11) is 0. The second-order valence-corrected chi connectivity index (χ2v) is 6.85. The van der Waals surface area contributed by atoms with Gasteiger partial charge in [0.05, 0.1) is 23.2 Å². The molecule has 0 fully saturated rings. The molecule has 27 heavy (non-hydrogen) atoms. The van der Waals surface area contributed by atoms with Crippen molar-refractivity contribution in [2.45, 2.75) is 26.8 Å². The number of benzene rings is 2. The van der Waals surface area contributed by atoms with Gasteiger partial charge in [0.1, 0.15) is 12.4 Å². The van der Waals surface area contributed by atoms with Crippen molar-refractivity contribution in [3.8, 4) is 5.75 Å². The van der Waals surface area contributed by atoms with Crippen LogP contribution in [0.2, 0.25) is 5.02 Å². The quantitative estimate of drug-likeness (QED) is 0.518. The largest absolute Gasteiger partial charge is 0.491 e. The Hall–Kier alpha value is -2.31. The van der Waals surface area contributed by atoms with E-state index in [-0.39, 0.29) is 6.04 Å². The molecule has 2 rings (SSSR count). The van der Waals surface area contributed by atoms with Gasteiger partial charge in [0.2, 0.25) is 0 Å². The number of esters is 1. The molecular weight excluding hydrogens is 384 g/mol. The van der Waals surface area contributed by atoms with Gasteiger partial charge < -0.3 is 20.1 Å². The summed E-state index contributed by atoms with van der Waals surface area (Å²) in [6.07, 6.45) is 0. The van der Waals surface area contributed by atoms with Crippen LogP contribution < -0.4 is 15.4 Å². The number of carbonyl (C=O) groups is 1. The minimum atomic E-state index is -0.448. The molecular formula is C20H23ClN2O3S. The fraction of sp³-hybridized carbons (Fsp3) is 0.300. The number of carbonyl (C=O) groups excluding carboxylic acids is 1. The SMILES string of the molecule is CCOC(=O)c1ccc(NC(=S)NC(C)COc2ccc(C)cc2)cc1Cl. The van der Waals surface area contributed by atoms with E-state index in [0.29, 0.717) is 34.6 Å². The first-order chi connectivity index (χ1) is 12.9. The van der Waals surface area contributed by atoms with Crippen LogP contribution in [0.1, 0.15) is 29.8 Å². The third-order valence-corrected chi connectivity index (χ3v) is 4.15. The summed E-state index contributed by atoms with van der Waals surface area (Å²) >= 11 is 11.5. The lowest BCUT2D eigenvalue weighted by molar-refractivity contribution is 0.0526. The molecule has 5 nitrogen and oxygen atoms in total. The van der Waals surface area contributed by atoms with Gasteiger partial charge in [0.25, 0.3) is 0 Å². The van der Waals surface area contributed by atoms with Gasteiger partial charge in [-0.3, -0.25) is 0 Å². The second kappa shape index (κ2) is 10.1. The lowest BCUT2D eigenvalue weighted by Crippen LogP contribution is -2.39. The molecule has 0 aliphatic rings. The molecule has 0 aliphatic carbocycles. The van der Waals surface area contributed by atoms with Crippen molar-refractivity contribution in [2.75, 3.05) is 18.5 Å². The minimum absolute atomic E-state index is 0.000537. The number of ether oxygens (including phenoxy) is 2. The van der Waals surface area contributed by atoms with Crippen LogP contribution in [0.25, 0.3) is 0 Å². The smallest absolute Gasteiger partial charge is 0.339 e. The van der Waals surface area contributed by atoms with Crippen LogP contribution in [0.5, 0.6) is 5.75 Å². The first-order valence-electron chi connectivity index (χ1n) is 8.62. The molecule has 0 amide bonds. The number of hydrogen-bond acceptors (Lipinski definition) is 4. The third kappa shape index (κ3) is 6.73. The Kier molecular flexibility index (Phi) is 7.88. The van der Waals surface area contributed by atoms with Gasteiger partial charge >= 0.3 is 5.97 Å². The zero-order valence-electron chi connectivity index (χ0n) is 15.5. The third-order valence-electron chi connectivity index (χ3n) is 3.62. The Labute approximate surface area is 170 Å². The van der Waals surface area contributed by atoms with E-state index in [4.69, 9.17) is 33.3 Å². The van der Waals surface area contributed by atoms with Crippen molar-refractivity contribution in [1.82, 2.24) is 5.32 Å². The van der Waals surface area contributed by atoms with E-state index in [0.717, 1.165) is 5.75 Å². The van der Waals surface area contributed by atoms with E-state index < -0.39 is 5.97 Å². The summed E-state index contributed by atoms with van der Waals surface area (Å²) in [5, 5.41) is 6.94. The fourth-order valence-electron chi connectivity index (χ4n) is 2.26. The highest BCUT2D eigenvalue weighted by Gasteiger charge is 2.12. The summed E-state index contributed by atoms with van der Waals surface area (Å²) in [6, 6.07) is 12.8. The number of rotatable bonds is 7. The zero-order valence-corrected chi connectivity index (χ0v) is 17.1. The highest BCUT2D eigenvalue weighted by Crippen LogP contribution is 2.22. The minimum Gasteiger partial charge on any atom is -0.491 e. The second-order valence-electron chi connectivity index (χ2n) is 6.04. The standard InChI is InChI=1S/C20H23ClN2O3S/c1-4-25-19(24)17-10-7-15(11-18(17)21)23-20(27)22-14(3)12-26-16-8-5-13(2)6-9-16/h5-11,14H,4,12H2,1-3H3,(H2,22,23,27). The molecule has 144 valence electrons. The fourth-order valence-corrected chi connectivity index (χ4v) is 2.83. The monoisotopic (exact) mass is 406 g/mol. The maximum atomic E-state index is 11.8. The molecule has 1 unspecified atom stereocenters. The van der Waals surface area contributed by atoms with Crippen molar-refractivity contribution in [3.63, 3.8) is 0 Å². The van der Waals surface area contributed by atoms with E-state index in [9.17, 15) is 4.79 Å². The molecule has 0 heterocycles. The Bertz CT molecular complexity index is 796. The number of aryl methyl sites for hydroxylation is 1. The zero-order chi connectivity index (χ0) is 19.8. The number of halogens is 1. The lowest BCUT2D eigenvalue weighted by Gasteiger charge is -2.18. The summed E-state index contributed by atoms with van der Waals surface area (Å²) in [6.45, 7) is 6.51. The van der Waals surface area contributed by atoms with Crippen molar-refractivity contribution in [1.29, 1.82) is 0 Å². The van der Waals surface area contributed by atoms with E-state index in [2.05, 4.69) is 10.6 Å². The summed E-state index contributed by atoms with van der Waals surface area (Å²) in [5.74, 6) is 0.367. The van der Waals surface area contributed by atoms with Crippen molar-refractivity contribution < 1.29 is 14.3 Å². The first kappa shape index (κ1) is 21.0. The predicted octanol–water partition coefficient (Wildman–Crippen LogP) is 4.58. The van der Waals surface area contributed by atoms with E-state index >= 15 is 0 Å². The Morgan fingerprint density at radius 1 is 1.22 bits per heavy atom. The molecule has 2 aromatic carbocycles. The molecule has 0 radical (unpaired) electrons. The molecule has 0 saturated carbocycles. The Balaban J connectivity index is 1.84. The topological polar surface area (TPSA) is 59.6 Å². The lowest BCUT2D eigenvalue weighted by atomic mass is 10.2. The van der Waals surface area contributed by atoms with Crippen molar-refractivity contribution in [3.05, 3.63) is 58.6 Å². The van der Waals surface area contributed by atoms with Crippen LogP contribution in [-0.4, -0.2) is 30.3 Å². The Morgan fingerprint density at radius 2 is 1.93 bits per heavy atom. The van der Waals surface area contributed by atoms with E-state index in [1.54, 1.807) is 25.1 Å². The highest BCUT2D eigenvalue weighted by atomic mass is 35.5. The molecule has 0 bridgehead atoms. The van der Waals surface area contributed by atoms with Crippen molar-refractivity contribution >= 4 is 40.6 Å². The summed E-state index contributed by atoms with van der Waals surface area (Å²) in [4.78, 5) is 11.8. The van der Waals surface area contributed by atoms with Gasteiger partial charge in [-0.05, 0) is 63.3 Å². The number of nitrogens with one attached hydrogen (secondary N) is 2. The van der Waals surface area contributed by atoms with Gasteiger partial charge in [0.15, 0.2) is 5.11 Å². The Morgan fingerprint density at radius 3 is 2.56 bits per heavy atom. The molecule has 2 N–H and O–H groups in total. The molecule has 0 aliphatic heterocycles. The molecule has 2 aromatic rings. The first-order valence-corrected chi connectivity index (χ1v) is 9.41. The van der Waals surface area contributed by atoms with Gasteiger partial charge in [-0.2, -0.15) is 0 Å². The molecule has 0 aromatic heterocycles. The number of hydrogen-bond donors (Lipinski definition) is 2. The molecule has 1 atom stereocenters. The van der Waals surface area contributed by atoms with Gasteiger partial charge in [-0.15, -0.1) is 0 Å². The number of thiocarbonyl (C=S) groups is 1. The predicted molar refractivity (Wildman–Crippen MR) is 113 cm³/mol. The van der Waals surface area contributed by atoms with Crippen LogP contribution in [-0.2, 0) is 4.74 Å². The molecule has 0 spiro atoms. The number of anilines is 1. The van der Waals surface area contributed by atoms with Gasteiger partial charge in [-0.25, -0.2) is 4.79 Å². The summed E-state index contributed by atoms with van der Waals surface area (Å²) < 4.78 is 10.7. The average Bonchev–Trinajstić information content (AvgIpc) is 2.61. The van der Waals surface area contributed by atoms with Crippen LogP contribution in [0.3, 0.4) is 0 Å². The van der Waals surface area contributed by atoms with Crippen LogP contribution in [0, 0.1) is 6.92 Å². The average molecular weight is 407 g/mol. The highest BCUT2D eigenvalue weighted by molar-refractivity contribution is 7.80. The van der Waals surface area contributed by atoms with Crippen LogP contribution in [0.4, 0.5) is 5.69 Å². The van der Waals surface area contributed by atoms with E-state index in [1.807, 2.05) is 38.1 Å². The maximum Gasteiger partial charge on any atom is 0.339 e. The van der Waals surface area contributed by atoms with Gasteiger partial charge in [0, 0.05) is 5.69 Å². The maximum absolute atomic E-state index is 11.8. The van der Waals surface area contributed by atoms with Crippen LogP contribution in [0.15, 0.2) is 42.5 Å². The van der Waals surface area contributed by atoms with Crippen LogP contribution >= 0.6 is 23.8 Å². The normalized spacial score (nSPS) is 11.4. The van der Waals surface area contributed by atoms with Crippen molar-refractivity contribution in [2.24, 2.45) is 0 Å². The molecule has 7 heteroatoms. The molecule has 0 saturated heterocycles. The van der Waals surface area contributed by atoms with Gasteiger partial charge in [-0.1, -0.05) is 29.3 Å². The summed E-state index contributed by atoms with van der Waals surface area (Å²) in [5.41, 5.74) is 2.19.